The van der Waals surface area contributed by atoms with E-state index in [4.69, 9.17) is 9.47 Å². The SMILES string of the molecule is COC(=O)[C@@H]1CC(C)CN1C(=O)CNC(=O)OCC1c2ccccc2-c2ccccc21. The summed E-state index contributed by atoms with van der Waals surface area (Å²) < 4.78 is 10.3. The molecule has 0 aromatic heterocycles. The molecule has 2 amide bonds. The van der Waals surface area contributed by atoms with E-state index in [1.54, 1.807) is 0 Å². The fourth-order valence-electron chi connectivity index (χ4n) is 4.58. The van der Waals surface area contributed by atoms with Crippen molar-refractivity contribution in [1.29, 1.82) is 0 Å². The van der Waals surface area contributed by atoms with E-state index >= 15 is 0 Å². The molecular weight excluding hydrogens is 396 g/mol. The van der Waals surface area contributed by atoms with Crippen molar-refractivity contribution >= 4 is 18.0 Å². The number of esters is 1. The van der Waals surface area contributed by atoms with E-state index in [-0.39, 0.29) is 30.9 Å². The number of hydrogen-bond donors (Lipinski definition) is 1. The molecule has 162 valence electrons. The van der Waals surface area contributed by atoms with Crippen LogP contribution in [0.1, 0.15) is 30.4 Å². The second kappa shape index (κ2) is 8.79. The summed E-state index contributed by atoms with van der Waals surface area (Å²) in [4.78, 5) is 38.3. The molecule has 1 heterocycles. The number of rotatable bonds is 5. The van der Waals surface area contributed by atoms with Crippen LogP contribution in [-0.4, -0.2) is 55.7 Å². The van der Waals surface area contributed by atoms with Crippen LogP contribution in [0.15, 0.2) is 48.5 Å². The number of methoxy groups -OCH3 is 1. The lowest BCUT2D eigenvalue weighted by Crippen LogP contribution is -2.46. The number of benzene rings is 2. The van der Waals surface area contributed by atoms with Gasteiger partial charge in [-0.05, 0) is 34.6 Å². The van der Waals surface area contributed by atoms with Gasteiger partial charge in [0.15, 0.2) is 0 Å². The largest absolute Gasteiger partial charge is 0.467 e. The Morgan fingerprint density at radius 2 is 1.65 bits per heavy atom. The van der Waals surface area contributed by atoms with Crippen molar-refractivity contribution in [2.24, 2.45) is 5.92 Å². The molecule has 1 aliphatic carbocycles. The van der Waals surface area contributed by atoms with Crippen molar-refractivity contribution in [3.8, 4) is 11.1 Å². The van der Waals surface area contributed by atoms with Gasteiger partial charge in [-0.3, -0.25) is 4.79 Å². The highest BCUT2D eigenvalue weighted by molar-refractivity contribution is 5.88. The second-order valence-corrected chi connectivity index (χ2v) is 8.11. The van der Waals surface area contributed by atoms with E-state index in [0.717, 1.165) is 22.3 Å². The molecule has 0 saturated carbocycles. The third kappa shape index (κ3) is 4.13. The van der Waals surface area contributed by atoms with Gasteiger partial charge >= 0.3 is 12.1 Å². The first-order valence-corrected chi connectivity index (χ1v) is 10.5. The molecule has 0 bridgehead atoms. The molecule has 7 nitrogen and oxygen atoms in total. The molecule has 1 aliphatic heterocycles. The molecule has 2 aliphatic rings. The fraction of sp³-hybridized carbons (Fsp3) is 0.375. The van der Waals surface area contributed by atoms with Crippen LogP contribution < -0.4 is 5.32 Å². The lowest BCUT2D eigenvalue weighted by atomic mass is 9.98. The third-order valence-corrected chi connectivity index (χ3v) is 6.03. The maximum Gasteiger partial charge on any atom is 0.407 e. The van der Waals surface area contributed by atoms with Gasteiger partial charge in [-0.2, -0.15) is 0 Å². The van der Waals surface area contributed by atoms with Crippen molar-refractivity contribution in [2.75, 3.05) is 26.8 Å². The van der Waals surface area contributed by atoms with E-state index in [1.165, 1.54) is 12.0 Å². The van der Waals surface area contributed by atoms with Gasteiger partial charge in [0, 0.05) is 12.5 Å². The van der Waals surface area contributed by atoms with Gasteiger partial charge in [-0.1, -0.05) is 55.5 Å². The lowest BCUT2D eigenvalue weighted by molar-refractivity contribution is -0.150. The fourth-order valence-corrected chi connectivity index (χ4v) is 4.58. The monoisotopic (exact) mass is 422 g/mol. The van der Waals surface area contributed by atoms with Crippen LogP contribution in [0.3, 0.4) is 0 Å². The Kier molecular flexibility index (Phi) is 5.93. The number of nitrogens with zero attached hydrogens (tertiary/aromatic N) is 1. The van der Waals surface area contributed by atoms with Crippen LogP contribution in [-0.2, 0) is 19.1 Å². The zero-order chi connectivity index (χ0) is 22.0. The van der Waals surface area contributed by atoms with Gasteiger partial charge < -0.3 is 19.7 Å². The minimum Gasteiger partial charge on any atom is -0.467 e. The number of carbonyl (C=O) groups excluding carboxylic acids is 3. The number of nitrogens with one attached hydrogen (secondary N) is 1. The molecule has 0 spiro atoms. The highest BCUT2D eigenvalue weighted by Crippen LogP contribution is 2.44. The van der Waals surface area contributed by atoms with Crippen molar-refractivity contribution in [2.45, 2.75) is 25.3 Å². The van der Waals surface area contributed by atoms with Gasteiger partial charge in [-0.25, -0.2) is 9.59 Å². The van der Waals surface area contributed by atoms with Gasteiger partial charge in [0.1, 0.15) is 19.2 Å². The number of amides is 2. The first-order valence-electron chi connectivity index (χ1n) is 10.5. The summed E-state index contributed by atoms with van der Waals surface area (Å²) in [5, 5.41) is 2.52. The zero-order valence-electron chi connectivity index (χ0n) is 17.7. The summed E-state index contributed by atoms with van der Waals surface area (Å²) in [5.41, 5.74) is 4.55. The van der Waals surface area contributed by atoms with Gasteiger partial charge in [0.25, 0.3) is 0 Å². The van der Waals surface area contributed by atoms with Gasteiger partial charge in [-0.15, -0.1) is 0 Å². The molecule has 1 unspecified atom stereocenters. The molecule has 1 saturated heterocycles. The minimum atomic E-state index is -0.655. The predicted octanol–water partition coefficient (Wildman–Crippen LogP) is 2.94. The number of fused-ring (bicyclic) bond motifs is 3. The highest BCUT2D eigenvalue weighted by Gasteiger charge is 2.38. The Labute approximate surface area is 181 Å². The molecule has 0 radical (unpaired) electrons. The highest BCUT2D eigenvalue weighted by atomic mass is 16.5. The minimum absolute atomic E-state index is 0.0445. The molecule has 1 N–H and O–H groups in total. The summed E-state index contributed by atoms with van der Waals surface area (Å²) >= 11 is 0. The van der Waals surface area contributed by atoms with E-state index < -0.39 is 18.1 Å². The van der Waals surface area contributed by atoms with E-state index in [9.17, 15) is 14.4 Å². The quantitative estimate of drug-likeness (QED) is 0.749. The Bertz CT molecular complexity index is 959. The lowest BCUT2D eigenvalue weighted by Gasteiger charge is -2.22. The number of alkyl carbamates (subject to hydrolysis) is 1. The predicted molar refractivity (Wildman–Crippen MR) is 114 cm³/mol. The van der Waals surface area contributed by atoms with Crippen molar-refractivity contribution in [3.63, 3.8) is 0 Å². The Morgan fingerprint density at radius 1 is 1.03 bits per heavy atom. The number of hydrogen-bond acceptors (Lipinski definition) is 5. The van der Waals surface area contributed by atoms with Crippen molar-refractivity contribution in [3.05, 3.63) is 59.7 Å². The normalized spacial score (nSPS) is 19.5. The first-order chi connectivity index (χ1) is 15.0. The average molecular weight is 422 g/mol. The number of likely N-dealkylation sites (tertiary alicyclic amines) is 1. The topological polar surface area (TPSA) is 84.9 Å². The number of carbonyl (C=O) groups is 3. The Hall–Kier alpha value is -3.35. The summed E-state index contributed by atoms with van der Waals surface area (Å²) in [7, 11) is 1.31. The second-order valence-electron chi connectivity index (χ2n) is 8.11. The molecule has 7 heteroatoms. The first kappa shape index (κ1) is 20.9. The molecule has 2 aromatic rings. The molecular formula is C24H26N2O5. The summed E-state index contributed by atoms with van der Waals surface area (Å²) in [6, 6.07) is 15.6. The average Bonchev–Trinajstić information content (AvgIpc) is 3.34. The summed E-state index contributed by atoms with van der Waals surface area (Å²) in [6.45, 7) is 2.39. The van der Waals surface area contributed by atoms with Crippen LogP contribution in [0.5, 0.6) is 0 Å². The molecule has 2 aromatic carbocycles. The maximum absolute atomic E-state index is 12.6. The van der Waals surface area contributed by atoms with Crippen LogP contribution in [0.4, 0.5) is 4.79 Å². The molecule has 4 rings (SSSR count). The smallest absolute Gasteiger partial charge is 0.407 e. The van der Waals surface area contributed by atoms with E-state index in [0.29, 0.717) is 13.0 Å². The standard InChI is InChI=1S/C24H26N2O5/c1-15-11-21(23(28)30-2)26(13-15)22(27)12-25-24(29)31-14-20-18-9-5-3-7-16(18)17-8-4-6-10-19(17)20/h3-10,15,20-21H,11-14H2,1-2H3,(H,25,29)/t15?,21-/m0/s1. The van der Waals surface area contributed by atoms with Crippen molar-refractivity contribution in [1.82, 2.24) is 10.2 Å². The summed E-state index contributed by atoms with van der Waals surface area (Å²) in [5.74, 6) is -0.605. The van der Waals surface area contributed by atoms with E-state index in [2.05, 4.69) is 17.4 Å². The molecule has 1 fully saturated rings. The third-order valence-electron chi connectivity index (χ3n) is 6.03. The number of ether oxygens (including phenoxy) is 2. The summed E-state index contributed by atoms with van der Waals surface area (Å²) in [6.07, 6.45) is -0.0966. The van der Waals surface area contributed by atoms with Crippen LogP contribution >= 0.6 is 0 Å². The van der Waals surface area contributed by atoms with Gasteiger partial charge in [0.05, 0.1) is 7.11 Å². The Balaban J connectivity index is 1.34. The molecule has 31 heavy (non-hydrogen) atoms. The van der Waals surface area contributed by atoms with Crippen LogP contribution in [0, 0.1) is 5.92 Å². The van der Waals surface area contributed by atoms with Crippen LogP contribution in [0.25, 0.3) is 11.1 Å². The van der Waals surface area contributed by atoms with Crippen molar-refractivity contribution < 1.29 is 23.9 Å². The van der Waals surface area contributed by atoms with Crippen LogP contribution in [0.2, 0.25) is 0 Å². The Morgan fingerprint density at radius 3 is 2.26 bits per heavy atom. The van der Waals surface area contributed by atoms with Gasteiger partial charge in [0.2, 0.25) is 5.91 Å². The van der Waals surface area contributed by atoms with E-state index in [1.807, 2.05) is 43.3 Å². The maximum atomic E-state index is 12.6. The molecule has 2 atom stereocenters. The zero-order valence-corrected chi connectivity index (χ0v) is 17.7.